The molecule has 3 saturated heterocycles. The molecule has 0 amide bonds. The van der Waals surface area contributed by atoms with Gasteiger partial charge in [-0.05, 0) is 162 Å². The Balaban J connectivity index is 0. The Morgan fingerprint density at radius 1 is 0.583 bits per heavy atom. The van der Waals surface area contributed by atoms with Crippen LogP contribution >= 0.6 is 0 Å². The number of anilines is 7. The number of halogens is 9. The van der Waals surface area contributed by atoms with Gasteiger partial charge in [-0.25, -0.2) is 34.9 Å². The molecule has 12 N–H and O–H groups in total. The molecule has 12 rings (SSSR count). The van der Waals surface area contributed by atoms with Gasteiger partial charge in [-0.3, -0.25) is 24.2 Å². The zero-order valence-electron chi connectivity index (χ0n) is 59.5. The highest BCUT2D eigenvalue weighted by Gasteiger charge is 2.40. The number of piperidine rings is 2. The number of hydrogen-bond acceptors (Lipinski definition) is 23. The van der Waals surface area contributed by atoms with E-state index in [4.69, 9.17) is 22.2 Å². The highest BCUT2D eigenvalue weighted by atomic mass is 19.4. The molecule has 3 atom stereocenters. The number of aromatic nitrogens is 8. The molecular weight excluding hydrogens is 1410 g/mol. The standard InChI is InChI=1S/C25H26N4O.C18H20F3N5O.C17H18F3N5O.C16H18F3N5O.10H2/c1-3-8-20-12-13-23(28-24(20)25(30)21-11-7-14-26-18(21)2)29-16-15-27-22(17-29)19-9-5-4-6-10-19;19-18(20,21)13-6-7-14(25-10-11-4-1-2-8-23-11)26-15(13)16(27)12-5-3-9-24-17(12)22;18-17(19,20)12-5-6-13(24-10-3-1-7-22-9-10)25-14(12)15(26)11-4-2-8-23-16(11)21;1-21-8-9-24(2)12-6-5-11(16(17,18)19)13(23-12)14(25)10-4-3-7-22-15(10)20;;;;;;;;;;/h3-14,22,27H,15-17H2,1-2H3;3,5-7,9,11,23H,1-2,4,8,10H2,(H2,22,24)(H,25,26);2,4-6,8,10,22H,1,3,7,9H2,(H2,21,23)(H,24,25);3-7,21H,8-9H2,1-2H3,(H2,20,22);10*1H/b8-3-;;;;;;;;;;;;;. The number of likely N-dealkylation sites (N-methyl/N-ethyl adjacent to an activating group) is 2. The van der Waals surface area contributed by atoms with Crippen LogP contribution in [-0.2, 0) is 18.5 Å². The Morgan fingerprint density at radius 3 is 1.64 bits per heavy atom. The van der Waals surface area contributed by atoms with Crippen LogP contribution in [0.25, 0.3) is 6.08 Å². The maximum absolute atomic E-state index is 13.4. The number of ketones is 4. The smallest absolute Gasteiger partial charge is 0.383 e. The molecule has 0 aliphatic carbocycles. The average Bonchev–Trinajstić information content (AvgIpc) is 0.803. The van der Waals surface area contributed by atoms with Crippen molar-refractivity contribution in [2.24, 2.45) is 0 Å². The fourth-order valence-electron chi connectivity index (χ4n) is 11.9. The molecule has 23 nitrogen and oxygen atoms in total. The number of carbonyl (C=O) groups is 4. The topological polar surface area (TPSA) is 328 Å². The third-order valence-electron chi connectivity index (χ3n) is 17.6. The summed E-state index contributed by atoms with van der Waals surface area (Å²) in [5.74, 6) is -1.73. The molecule has 0 bridgehead atoms. The van der Waals surface area contributed by atoms with Crippen molar-refractivity contribution in [3.8, 4) is 0 Å². The number of nitrogens with two attached hydrogens (primary N) is 3. The molecule has 3 aliphatic rings. The summed E-state index contributed by atoms with van der Waals surface area (Å²) < 4.78 is 120. The minimum absolute atomic E-state index is 0. The fourth-order valence-corrected chi connectivity index (χ4v) is 11.9. The van der Waals surface area contributed by atoms with Gasteiger partial charge in [0, 0.05) is 127 Å². The number of aryl methyl sites for hydroxylation is 1. The summed E-state index contributed by atoms with van der Waals surface area (Å²) in [6.45, 7) is 10.4. The number of nitrogens with zero attached hydrogens (tertiary/aromatic N) is 10. The maximum atomic E-state index is 13.4. The second kappa shape index (κ2) is 37.3. The number of carbonyl (C=O) groups excluding carboxylic acids is 4. The molecule has 0 radical (unpaired) electrons. The molecule has 9 aromatic rings. The van der Waals surface area contributed by atoms with Crippen LogP contribution in [0.1, 0.15) is 157 Å². The molecule has 8 aromatic heterocycles. The quantitative estimate of drug-likeness (QED) is 0.0253. The summed E-state index contributed by atoms with van der Waals surface area (Å²) in [4.78, 5) is 87.4. The van der Waals surface area contributed by atoms with E-state index in [0.29, 0.717) is 43.1 Å². The van der Waals surface area contributed by atoms with Crippen molar-refractivity contribution < 1.29 is 73.0 Å². The number of benzene rings is 1. The van der Waals surface area contributed by atoms with Crippen molar-refractivity contribution in [3.05, 3.63) is 237 Å². The number of allylic oxidation sites excluding steroid dienone is 1. The molecule has 3 unspecified atom stereocenters. The summed E-state index contributed by atoms with van der Waals surface area (Å²) in [5, 5.41) is 19.1. The Kier molecular flexibility index (Phi) is 27.9. The van der Waals surface area contributed by atoms with Crippen molar-refractivity contribution >= 4 is 69.9 Å². The van der Waals surface area contributed by atoms with Crippen LogP contribution in [0, 0.1) is 6.92 Å². The summed E-state index contributed by atoms with van der Waals surface area (Å²) in [7, 11) is 3.44. The van der Waals surface area contributed by atoms with Crippen molar-refractivity contribution in [2.45, 2.75) is 82.6 Å². The van der Waals surface area contributed by atoms with Gasteiger partial charge in [0.2, 0.25) is 23.1 Å². The van der Waals surface area contributed by atoms with E-state index in [1.54, 1.807) is 31.3 Å². The number of piperazine rings is 1. The Hall–Kier alpha value is -11.4. The predicted octanol–water partition coefficient (Wildman–Crippen LogP) is 14.0. The molecular formula is C76H102F9N19O4. The minimum atomic E-state index is -4.71. The van der Waals surface area contributed by atoms with Gasteiger partial charge in [0.25, 0.3) is 0 Å². The molecule has 1 aromatic carbocycles. The first-order valence-electron chi connectivity index (χ1n) is 34.6. The summed E-state index contributed by atoms with van der Waals surface area (Å²) in [6, 6.07) is 33.1. The minimum Gasteiger partial charge on any atom is -0.383 e. The van der Waals surface area contributed by atoms with Gasteiger partial charge in [-0.15, -0.1) is 0 Å². The molecule has 0 spiro atoms. The van der Waals surface area contributed by atoms with Crippen molar-refractivity contribution in [1.82, 2.24) is 61.1 Å². The summed E-state index contributed by atoms with van der Waals surface area (Å²) in [6.07, 6.45) is 0.521. The number of pyridine rings is 8. The van der Waals surface area contributed by atoms with Gasteiger partial charge in [0.1, 0.15) is 63.5 Å². The van der Waals surface area contributed by atoms with E-state index in [1.165, 1.54) is 78.8 Å². The summed E-state index contributed by atoms with van der Waals surface area (Å²) in [5.41, 5.74) is 15.1. The van der Waals surface area contributed by atoms with Gasteiger partial charge >= 0.3 is 18.5 Å². The SMILES string of the molecule is C/C=C\c1ccc(N2CCNC(c3ccccc3)C2)nc1C(=O)c1cccnc1C.CNCCN(C)c1ccc(C(F)(F)F)c(C(=O)c2cccnc2N)n1.Nc1ncccc1C(=O)c1nc(NC2CCCNC2)ccc1C(F)(F)F.Nc1ncccc1C(=O)c1nc(NCC2CCCCN2)ccc1C(F)(F)F.[HH].[HH].[HH].[HH].[HH].[HH].[HH].[HH].[HH].[HH]. The number of rotatable bonds is 20. The molecule has 3 fully saturated rings. The van der Waals surface area contributed by atoms with E-state index in [-0.39, 0.29) is 89.8 Å². The Labute approximate surface area is 632 Å². The maximum Gasteiger partial charge on any atom is 0.418 e. The van der Waals surface area contributed by atoms with E-state index in [0.717, 1.165) is 94.4 Å². The largest absolute Gasteiger partial charge is 0.418 e. The van der Waals surface area contributed by atoms with Crippen LogP contribution < -0.4 is 58.9 Å². The van der Waals surface area contributed by atoms with Crippen LogP contribution in [0.2, 0.25) is 0 Å². The van der Waals surface area contributed by atoms with Crippen LogP contribution in [0.15, 0.2) is 158 Å². The van der Waals surface area contributed by atoms with Crippen molar-refractivity contribution in [3.63, 3.8) is 0 Å². The lowest BCUT2D eigenvalue weighted by Crippen LogP contribution is -2.46. The van der Waals surface area contributed by atoms with Crippen LogP contribution in [0.3, 0.4) is 0 Å². The molecule has 32 heteroatoms. The lowest BCUT2D eigenvalue weighted by Gasteiger charge is -2.35. The van der Waals surface area contributed by atoms with Crippen molar-refractivity contribution in [1.29, 1.82) is 0 Å². The van der Waals surface area contributed by atoms with Gasteiger partial charge < -0.3 is 58.9 Å². The first-order chi connectivity index (χ1) is 51.6. The van der Waals surface area contributed by atoms with Gasteiger partial charge in [-0.1, -0.05) is 48.9 Å². The highest BCUT2D eigenvalue weighted by molar-refractivity contribution is 6.13. The zero-order chi connectivity index (χ0) is 77.7. The van der Waals surface area contributed by atoms with Gasteiger partial charge in [0.15, 0.2) is 0 Å². The van der Waals surface area contributed by atoms with Gasteiger partial charge in [-0.2, -0.15) is 39.5 Å². The first kappa shape index (κ1) is 80.7. The number of alkyl halides is 9. The van der Waals surface area contributed by atoms with Crippen LogP contribution in [0.4, 0.5) is 80.2 Å². The van der Waals surface area contributed by atoms with E-state index in [2.05, 4.69) is 96.0 Å². The Bertz CT molecular complexity index is 4640. The predicted molar refractivity (Wildman–Crippen MR) is 417 cm³/mol. The Morgan fingerprint density at radius 2 is 1.12 bits per heavy atom. The lowest BCUT2D eigenvalue weighted by atomic mass is 10.0. The van der Waals surface area contributed by atoms with E-state index in [9.17, 15) is 58.7 Å². The monoisotopic (exact) mass is 1520 g/mol. The first-order valence-corrected chi connectivity index (χ1v) is 34.6. The second-order valence-electron chi connectivity index (χ2n) is 25.2. The third kappa shape index (κ3) is 21.5. The molecule has 3 aliphatic heterocycles. The van der Waals surface area contributed by atoms with Crippen molar-refractivity contribution in [2.75, 3.05) is 111 Å². The van der Waals surface area contributed by atoms with Crippen LogP contribution in [-0.4, -0.2) is 148 Å². The second-order valence-corrected chi connectivity index (χ2v) is 25.2. The average molecular weight is 1520 g/mol. The fraction of sp³-hybridized carbons (Fsp3) is 0.316. The zero-order valence-corrected chi connectivity index (χ0v) is 59.5. The number of nitrogens with one attached hydrogen (secondary N) is 6. The summed E-state index contributed by atoms with van der Waals surface area (Å²) >= 11 is 0. The number of hydrogen-bond donors (Lipinski definition) is 9. The molecule has 108 heavy (non-hydrogen) atoms. The molecule has 11 heterocycles. The van der Waals surface area contributed by atoms with Gasteiger partial charge in [0.05, 0.1) is 33.4 Å². The highest BCUT2D eigenvalue weighted by Crippen LogP contribution is 2.37. The molecule has 588 valence electrons. The third-order valence-corrected chi connectivity index (χ3v) is 17.6. The normalized spacial score (nSPS) is 15.9. The van der Waals surface area contributed by atoms with E-state index < -0.39 is 69.7 Å². The van der Waals surface area contributed by atoms with E-state index >= 15 is 0 Å². The lowest BCUT2D eigenvalue weighted by molar-refractivity contribution is -0.138. The van der Waals surface area contributed by atoms with E-state index in [1.807, 2.05) is 50.3 Å². The number of nitrogen functional groups attached to an aromatic ring is 3. The van der Waals surface area contributed by atoms with Crippen LogP contribution in [0.5, 0.6) is 0 Å². The molecule has 0 saturated carbocycles.